The number of aliphatic carboxylic acids is 1. The van der Waals surface area contributed by atoms with Gasteiger partial charge in [0.15, 0.2) is 5.82 Å². The first-order chi connectivity index (χ1) is 7.27. The third-order valence-electron chi connectivity index (χ3n) is 2.79. The first-order valence-electron chi connectivity index (χ1n) is 5.25. The molecule has 82 valence electrons. The molecule has 0 radical (unpaired) electrons. The lowest BCUT2D eigenvalue weighted by molar-refractivity contribution is -0.137. The van der Waals surface area contributed by atoms with E-state index in [0.29, 0.717) is 18.9 Å². The van der Waals surface area contributed by atoms with Crippen molar-refractivity contribution in [1.29, 1.82) is 0 Å². The van der Waals surface area contributed by atoms with E-state index in [-0.39, 0.29) is 6.42 Å². The lowest BCUT2D eigenvalue weighted by Gasteiger charge is -2.23. The number of rotatable bonds is 5. The number of hydrogen-bond acceptors (Lipinski definition) is 4. The predicted octanol–water partition coefficient (Wildman–Crippen LogP) is 0.805. The molecule has 6 nitrogen and oxygen atoms in total. The van der Waals surface area contributed by atoms with E-state index in [1.54, 1.807) is 4.68 Å². The maximum absolute atomic E-state index is 10.4. The van der Waals surface area contributed by atoms with E-state index in [1.807, 2.05) is 0 Å². The lowest BCUT2D eigenvalue weighted by Crippen LogP contribution is -2.16. The quantitative estimate of drug-likeness (QED) is 0.777. The minimum absolute atomic E-state index is 0.171. The van der Waals surface area contributed by atoms with Gasteiger partial charge in [-0.1, -0.05) is 6.42 Å². The summed E-state index contributed by atoms with van der Waals surface area (Å²) < 4.78 is 1.74. The zero-order valence-electron chi connectivity index (χ0n) is 8.46. The zero-order chi connectivity index (χ0) is 10.7. The van der Waals surface area contributed by atoms with Crippen molar-refractivity contribution in [2.45, 2.75) is 44.6 Å². The number of carboxylic acids is 1. The van der Waals surface area contributed by atoms with Crippen molar-refractivity contribution in [3.63, 3.8) is 0 Å². The second-order valence-electron chi connectivity index (χ2n) is 3.89. The fraction of sp³-hybridized carbons (Fsp3) is 0.778. The highest BCUT2D eigenvalue weighted by molar-refractivity contribution is 5.66. The number of carboxylic acid groups (broad SMARTS) is 1. The molecule has 15 heavy (non-hydrogen) atoms. The van der Waals surface area contributed by atoms with E-state index < -0.39 is 5.97 Å². The van der Waals surface area contributed by atoms with Gasteiger partial charge < -0.3 is 5.11 Å². The Kier molecular flexibility index (Phi) is 2.94. The fourth-order valence-corrected chi connectivity index (χ4v) is 1.71. The number of nitrogens with zero attached hydrogens (tertiary/aromatic N) is 4. The molecular weight excluding hydrogens is 196 g/mol. The van der Waals surface area contributed by atoms with Crippen molar-refractivity contribution in [3.05, 3.63) is 5.82 Å². The third kappa shape index (κ3) is 2.31. The summed E-state index contributed by atoms with van der Waals surface area (Å²) >= 11 is 0. The van der Waals surface area contributed by atoms with Crippen molar-refractivity contribution in [3.8, 4) is 0 Å². The van der Waals surface area contributed by atoms with Crippen LogP contribution in [0.1, 0.15) is 43.8 Å². The summed E-state index contributed by atoms with van der Waals surface area (Å²) in [4.78, 5) is 10.4. The molecule has 6 heteroatoms. The molecule has 0 atom stereocenters. The van der Waals surface area contributed by atoms with E-state index in [2.05, 4.69) is 15.5 Å². The largest absolute Gasteiger partial charge is 0.481 e. The molecule has 1 saturated carbocycles. The molecule has 0 unspecified atom stereocenters. The van der Waals surface area contributed by atoms with Crippen molar-refractivity contribution < 1.29 is 9.90 Å². The summed E-state index contributed by atoms with van der Waals surface area (Å²) in [5.74, 6) is 0.643. The Morgan fingerprint density at radius 3 is 2.93 bits per heavy atom. The number of carbonyl (C=O) groups is 1. The maximum atomic E-state index is 10.4. The second kappa shape index (κ2) is 4.37. The molecule has 1 aromatic rings. The smallest absolute Gasteiger partial charge is 0.303 e. The van der Waals surface area contributed by atoms with Gasteiger partial charge in [-0.2, -0.15) is 0 Å². The van der Waals surface area contributed by atoms with E-state index >= 15 is 0 Å². The molecule has 1 aliphatic rings. The Bertz CT molecular complexity index is 346. The van der Waals surface area contributed by atoms with Gasteiger partial charge in [0.25, 0.3) is 0 Å². The Hall–Kier alpha value is -1.46. The van der Waals surface area contributed by atoms with Gasteiger partial charge in [-0.05, 0) is 29.7 Å². The van der Waals surface area contributed by atoms with Crippen molar-refractivity contribution >= 4 is 5.97 Å². The Balaban J connectivity index is 1.89. The number of hydrogen-bond donors (Lipinski definition) is 1. The average molecular weight is 210 g/mol. The van der Waals surface area contributed by atoms with Gasteiger partial charge in [-0.3, -0.25) is 4.79 Å². The molecule has 1 fully saturated rings. The van der Waals surface area contributed by atoms with E-state index in [4.69, 9.17) is 5.11 Å². The Morgan fingerprint density at radius 2 is 2.33 bits per heavy atom. The molecule has 0 aromatic carbocycles. The van der Waals surface area contributed by atoms with Crippen LogP contribution in [0.25, 0.3) is 0 Å². The monoisotopic (exact) mass is 210 g/mol. The topological polar surface area (TPSA) is 80.9 Å². The molecule has 1 aliphatic carbocycles. The van der Waals surface area contributed by atoms with Gasteiger partial charge in [0.2, 0.25) is 0 Å². The van der Waals surface area contributed by atoms with Crippen LogP contribution in [0.15, 0.2) is 0 Å². The van der Waals surface area contributed by atoms with Crippen LogP contribution >= 0.6 is 0 Å². The van der Waals surface area contributed by atoms with E-state index in [1.165, 1.54) is 6.42 Å². The van der Waals surface area contributed by atoms with Crippen LogP contribution in [0, 0.1) is 0 Å². The summed E-state index contributed by atoms with van der Waals surface area (Å²) in [5.41, 5.74) is 0. The van der Waals surface area contributed by atoms with Gasteiger partial charge in [-0.15, -0.1) is 5.10 Å². The minimum Gasteiger partial charge on any atom is -0.481 e. The normalized spacial score (nSPS) is 16.3. The summed E-state index contributed by atoms with van der Waals surface area (Å²) in [6.07, 6.45) is 4.30. The molecule has 1 heterocycles. The van der Waals surface area contributed by atoms with E-state index in [0.717, 1.165) is 18.7 Å². The van der Waals surface area contributed by atoms with E-state index in [9.17, 15) is 4.79 Å². The highest BCUT2D eigenvalue weighted by atomic mass is 16.4. The van der Waals surface area contributed by atoms with Crippen LogP contribution in [0.5, 0.6) is 0 Å². The van der Waals surface area contributed by atoms with Gasteiger partial charge in [0.1, 0.15) is 0 Å². The highest BCUT2D eigenvalue weighted by Crippen LogP contribution is 2.34. The van der Waals surface area contributed by atoms with Crippen LogP contribution in [0.3, 0.4) is 0 Å². The molecule has 2 rings (SSSR count). The number of aryl methyl sites for hydroxylation is 1. The minimum atomic E-state index is -0.770. The fourth-order valence-electron chi connectivity index (χ4n) is 1.71. The molecule has 0 aliphatic heterocycles. The van der Waals surface area contributed by atoms with Gasteiger partial charge in [-0.25, -0.2) is 4.68 Å². The third-order valence-corrected chi connectivity index (χ3v) is 2.79. The Morgan fingerprint density at radius 1 is 1.53 bits per heavy atom. The summed E-state index contributed by atoms with van der Waals surface area (Å²) in [6.45, 7) is 0.602. The predicted molar refractivity (Wildman–Crippen MR) is 51.3 cm³/mol. The lowest BCUT2D eigenvalue weighted by atomic mass is 9.85. The maximum Gasteiger partial charge on any atom is 0.303 e. The SMILES string of the molecule is O=C(O)CCCn1nnnc1C1CCC1. The first-order valence-corrected chi connectivity index (χ1v) is 5.25. The molecule has 0 amide bonds. The number of aromatic nitrogens is 4. The molecular formula is C9H14N4O2. The van der Waals surface area contributed by atoms with Crippen LogP contribution in [0.2, 0.25) is 0 Å². The molecule has 1 aromatic heterocycles. The van der Waals surface area contributed by atoms with Crippen LogP contribution < -0.4 is 0 Å². The van der Waals surface area contributed by atoms with Gasteiger partial charge in [0.05, 0.1) is 0 Å². The standard InChI is InChI=1S/C9H14N4O2/c14-8(15)5-2-6-13-9(10-11-12-13)7-3-1-4-7/h7H,1-6H2,(H,14,15). The molecule has 0 spiro atoms. The van der Waals surface area contributed by atoms with Crippen LogP contribution in [-0.4, -0.2) is 31.3 Å². The zero-order valence-corrected chi connectivity index (χ0v) is 8.46. The number of tetrazole rings is 1. The highest BCUT2D eigenvalue weighted by Gasteiger charge is 2.25. The van der Waals surface area contributed by atoms with Crippen molar-refractivity contribution in [2.24, 2.45) is 0 Å². The van der Waals surface area contributed by atoms with Crippen LogP contribution in [0.4, 0.5) is 0 Å². The summed E-state index contributed by atoms with van der Waals surface area (Å²) in [5, 5.41) is 20.0. The average Bonchev–Trinajstić information content (AvgIpc) is 2.50. The second-order valence-corrected chi connectivity index (χ2v) is 3.89. The molecule has 0 saturated heterocycles. The van der Waals surface area contributed by atoms with Crippen LogP contribution in [-0.2, 0) is 11.3 Å². The summed E-state index contributed by atoms with van der Waals surface area (Å²) in [6, 6.07) is 0. The van der Waals surface area contributed by atoms with Crippen molar-refractivity contribution in [1.82, 2.24) is 20.2 Å². The molecule has 0 bridgehead atoms. The van der Waals surface area contributed by atoms with Crippen molar-refractivity contribution in [2.75, 3.05) is 0 Å². The first kappa shape index (κ1) is 10.1. The Labute approximate surface area is 87.3 Å². The molecule has 1 N–H and O–H groups in total. The summed E-state index contributed by atoms with van der Waals surface area (Å²) in [7, 11) is 0. The van der Waals surface area contributed by atoms with Gasteiger partial charge >= 0.3 is 5.97 Å². The van der Waals surface area contributed by atoms with Gasteiger partial charge in [0, 0.05) is 18.9 Å².